The molecule has 6 atom stereocenters. The molecule has 2 nitrogen and oxygen atoms in total. The third-order valence-electron chi connectivity index (χ3n) is 7.66. The minimum atomic E-state index is -5.11. The summed E-state index contributed by atoms with van der Waals surface area (Å²) < 4.78 is 98.9. The van der Waals surface area contributed by atoms with Gasteiger partial charge in [-0.05, 0) is 25.7 Å². The molecule has 4 fully saturated rings. The lowest BCUT2D eigenvalue weighted by Crippen LogP contribution is -2.73. The molecule has 4 spiro atoms. The lowest BCUT2D eigenvalue weighted by atomic mass is 9.44. The summed E-state index contributed by atoms with van der Waals surface area (Å²) in [5, 5.41) is 0. The first kappa shape index (κ1) is 14.2. The summed E-state index contributed by atoms with van der Waals surface area (Å²) in [5.41, 5.74) is -14.2. The van der Waals surface area contributed by atoms with Crippen molar-refractivity contribution >= 4 is 0 Å². The molecule has 6 aliphatic rings. The van der Waals surface area contributed by atoms with Crippen molar-refractivity contribution in [3.05, 3.63) is 24.3 Å². The van der Waals surface area contributed by atoms with Gasteiger partial charge in [-0.3, -0.25) is 0 Å². The second-order valence-corrected chi connectivity index (χ2v) is 7.92. The van der Waals surface area contributed by atoms with E-state index in [9.17, 15) is 26.3 Å². The molecule has 8 heteroatoms. The zero-order chi connectivity index (χ0) is 17.1. The lowest BCUT2D eigenvalue weighted by Gasteiger charge is -2.55. The van der Waals surface area contributed by atoms with Crippen molar-refractivity contribution in [2.24, 2.45) is 10.8 Å². The number of hydrogen-bond donors (Lipinski definition) is 0. The fourth-order valence-electron chi connectivity index (χ4n) is 7.53. The Morgan fingerprint density at radius 3 is 1.00 bits per heavy atom. The van der Waals surface area contributed by atoms with Gasteiger partial charge in [0.05, 0.1) is 0 Å². The first-order valence-corrected chi connectivity index (χ1v) is 7.94. The summed E-state index contributed by atoms with van der Waals surface area (Å²) in [7, 11) is 0. The highest BCUT2D eigenvalue weighted by molar-refractivity contribution is 5.59. The first-order valence-electron chi connectivity index (χ1n) is 7.94. The number of hydrogen-bond acceptors (Lipinski definition) is 2. The number of rotatable bonds is 0. The molecule has 6 rings (SSSR count). The second kappa shape index (κ2) is 2.98. The molecular weight excluding hydrogens is 338 g/mol. The smallest absolute Gasteiger partial charge is 0.358 e. The van der Waals surface area contributed by atoms with Crippen LogP contribution >= 0.6 is 0 Å². The summed E-state index contributed by atoms with van der Waals surface area (Å²) in [6.45, 7) is 0. The highest BCUT2D eigenvalue weighted by atomic mass is 19.4. The minimum absolute atomic E-state index is 0.122. The van der Waals surface area contributed by atoms with Crippen molar-refractivity contribution in [2.75, 3.05) is 0 Å². The first-order chi connectivity index (χ1) is 11.0. The molecular formula is C16H12F6O2. The highest BCUT2D eigenvalue weighted by Gasteiger charge is 3.08. The maximum atomic E-state index is 14.6. The van der Waals surface area contributed by atoms with E-state index >= 15 is 0 Å². The van der Waals surface area contributed by atoms with Crippen molar-refractivity contribution in [1.29, 1.82) is 0 Å². The van der Waals surface area contributed by atoms with E-state index in [1.807, 2.05) is 0 Å². The van der Waals surface area contributed by atoms with Gasteiger partial charge in [0.2, 0.25) is 0 Å². The largest absolute Gasteiger partial charge is 0.401 e. The van der Waals surface area contributed by atoms with Crippen LogP contribution in [0.15, 0.2) is 24.3 Å². The van der Waals surface area contributed by atoms with Gasteiger partial charge in [0.1, 0.15) is 22.4 Å². The van der Waals surface area contributed by atoms with E-state index in [2.05, 4.69) is 0 Å². The molecule has 0 amide bonds. The maximum Gasteiger partial charge on any atom is 0.401 e. The van der Waals surface area contributed by atoms with Crippen LogP contribution in [0.5, 0.6) is 0 Å². The van der Waals surface area contributed by atoms with Crippen molar-refractivity contribution in [3.63, 3.8) is 0 Å². The second-order valence-electron chi connectivity index (χ2n) is 7.92. The molecule has 0 aromatic heterocycles. The van der Waals surface area contributed by atoms with E-state index in [0.29, 0.717) is 0 Å². The van der Waals surface area contributed by atoms with Crippen LogP contribution in [0.1, 0.15) is 25.7 Å². The standard InChI is InChI=1S/C16H12F6O2/c17-15(18,19)13-9-1-2-10(13)7-8-12(24-10)4-3-11(23-9,6-5-9)14(12,13)16(20,21)22/h5-8H,1-4H2/t9-,10-,11-,12+,13?,14?/m1/s1. The molecule has 4 heterocycles. The zero-order valence-electron chi connectivity index (χ0n) is 12.2. The minimum Gasteiger partial charge on any atom is -0.358 e. The Hall–Kier alpha value is -1.02. The van der Waals surface area contributed by atoms with Crippen LogP contribution in [0.3, 0.4) is 0 Å². The van der Waals surface area contributed by atoms with Gasteiger partial charge in [0.25, 0.3) is 0 Å². The van der Waals surface area contributed by atoms with E-state index in [1.54, 1.807) is 0 Å². The summed E-state index contributed by atoms with van der Waals surface area (Å²) in [5.74, 6) is 0. The van der Waals surface area contributed by atoms with Crippen molar-refractivity contribution in [2.45, 2.75) is 60.4 Å². The molecule has 2 saturated heterocycles. The molecule has 0 aromatic carbocycles. The molecule has 0 N–H and O–H groups in total. The van der Waals surface area contributed by atoms with Gasteiger partial charge in [-0.1, -0.05) is 24.3 Å². The van der Waals surface area contributed by atoms with Crippen molar-refractivity contribution in [3.8, 4) is 0 Å². The zero-order valence-corrected chi connectivity index (χ0v) is 12.2. The van der Waals surface area contributed by atoms with Crippen LogP contribution < -0.4 is 0 Å². The van der Waals surface area contributed by atoms with E-state index < -0.39 is 45.6 Å². The van der Waals surface area contributed by atoms with Crippen molar-refractivity contribution < 1.29 is 35.8 Å². The van der Waals surface area contributed by atoms with Crippen LogP contribution in [0.2, 0.25) is 0 Å². The molecule has 2 unspecified atom stereocenters. The highest BCUT2D eigenvalue weighted by Crippen LogP contribution is 2.94. The molecule has 4 bridgehead atoms. The van der Waals surface area contributed by atoms with Gasteiger partial charge >= 0.3 is 12.4 Å². The maximum absolute atomic E-state index is 14.6. The van der Waals surface area contributed by atoms with Crippen molar-refractivity contribution in [1.82, 2.24) is 0 Å². The Bertz CT molecular complexity index is 662. The van der Waals surface area contributed by atoms with Gasteiger partial charge in [-0.2, -0.15) is 26.3 Å². The Balaban J connectivity index is 1.87. The van der Waals surface area contributed by atoms with E-state index in [1.165, 1.54) is 24.3 Å². The Morgan fingerprint density at radius 2 is 0.792 bits per heavy atom. The fourth-order valence-corrected chi connectivity index (χ4v) is 7.53. The predicted molar refractivity (Wildman–Crippen MR) is 66.8 cm³/mol. The van der Waals surface area contributed by atoms with Gasteiger partial charge in [-0.25, -0.2) is 0 Å². The van der Waals surface area contributed by atoms with Crippen LogP contribution in [0.25, 0.3) is 0 Å². The topological polar surface area (TPSA) is 18.5 Å². The monoisotopic (exact) mass is 350 g/mol. The Labute approximate surface area is 132 Å². The fraction of sp³-hybridized carbons (Fsp3) is 0.750. The SMILES string of the molecule is FC(F)(F)C12C3(C(F)(F)F)[C@]45C=C[C@]1(CC[C@@]21C=C[C@@]3(CC4)O1)O5. The number of halogens is 6. The van der Waals surface area contributed by atoms with Gasteiger partial charge < -0.3 is 9.47 Å². The van der Waals surface area contributed by atoms with Crippen LogP contribution in [-0.2, 0) is 9.47 Å². The quantitative estimate of drug-likeness (QED) is 0.488. The predicted octanol–water partition coefficient (Wildman–Crippen LogP) is 3.83. The van der Waals surface area contributed by atoms with Gasteiger partial charge in [0.15, 0.2) is 10.8 Å². The Kier molecular flexibility index (Phi) is 1.76. The normalized spacial score (nSPS) is 61.4. The molecule has 24 heavy (non-hydrogen) atoms. The average Bonchev–Trinajstić information content (AvgIpc) is 3.20. The molecule has 4 aliphatic heterocycles. The number of ether oxygens (including phenoxy) is 2. The third-order valence-corrected chi connectivity index (χ3v) is 7.66. The summed E-state index contributed by atoms with van der Waals surface area (Å²) >= 11 is 0. The van der Waals surface area contributed by atoms with Gasteiger partial charge in [0, 0.05) is 0 Å². The molecule has 0 radical (unpaired) electrons. The third kappa shape index (κ3) is 0.805. The van der Waals surface area contributed by atoms with E-state index in [4.69, 9.17) is 9.47 Å². The lowest BCUT2D eigenvalue weighted by molar-refractivity contribution is -0.347. The number of alkyl halides is 6. The summed E-state index contributed by atoms with van der Waals surface area (Å²) in [4.78, 5) is 0. The van der Waals surface area contributed by atoms with E-state index in [0.717, 1.165) is 0 Å². The van der Waals surface area contributed by atoms with Crippen LogP contribution in [-0.4, -0.2) is 34.8 Å². The van der Waals surface area contributed by atoms with Gasteiger partial charge in [-0.15, -0.1) is 0 Å². The molecule has 0 aromatic rings. The van der Waals surface area contributed by atoms with E-state index in [-0.39, 0.29) is 25.7 Å². The summed E-state index contributed by atoms with van der Waals surface area (Å²) in [6.07, 6.45) is -5.72. The summed E-state index contributed by atoms with van der Waals surface area (Å²) in [6, 6.07) is 0. The molecule has 2 saturated carbocycles. The van der Waals surface area contributed by atoms with Crippen LogP contribution in [0, 0.1) is 10.8 Å². The molecule has 130 valence electrons. The average molecular weight is 350 g/mol. The Morgan fingerprint density at radius 1 is 0.542 bits per heavy atom. The van der Waals surface area contributed by atoms with Crippen LogP contribution in [0.4, 0.5) is 26.3 Å². The molecule has 2 aliphatic carbocycles.